The highest BCUT2D eigenvalue weighted by Gasteiger charge is 2.25. The number of thiazole rings is 1. The highest BCUT2D eigenvalue weighted by molar-refractivity contribution is 7.09. The van der Waals surface area contributed by atoms with Crippen LogP contribution in [0.2, 0.25) is 0 Å². The zero-order valence-electron chi connectivity index (χ0n) is 15.3. The molecule has 1 aromatic carbocycles. The fourth-order valence-corrected chi connectivity index (χ4v) is 3.81. The van der Waals surface area contributed by atoms with E-state index in [0.717, 1.165) is 23.4 Å². The Morgan fingerprint density at radius 3 is 2.56 bits per heavy atom. The molecule has 0 atom stereocenters. The van der Waals surface area contributed by atoms with Crippen LogP contribution in [0.15, 0.2) is 29.6 Å². The number of carbonyl (C=O) groups excluding carboxylic acids is 2. The zero-order chi connectivity index (χ0) is 18.5. The molecular weight excluding hydrogens is 384 g/mol. The molecule has 3 N–H and O–H groups in total. The number of carbonyl (C=O) groups is 2. The van der Waals surface area contributed by atoms with Gasteiger partial charge in [0, 0.05) is 36.5 Å². The van der Waals surface area contributed by atoms with E-state index in [4.69, 9.17) is 5.73 Å². The molecule has 0 saturated carbocycles. The summed E-state index contributed by atoms with van der Waals surface area (Å²) in [6.45, 7) is 3.83. The first-order chi connectivity index (χ1) is 12.6. The lowest BCUT2D eigenvalue weighted by atomic mass is 10.0. The van der Waals surface area contributed by atoms with Gasteiger partial charge in [-0.15, -0.1) is 23.7 Å². The van der Waals surface area contributed by atoms with E-state index < -0.39 is 0 Å². The molecule has 2 aromatic rings. The molecule has 2 heterocycles. The third-order valence-electron chi connectivity index (χ3n) is 4.56. The maximum absolute atomic E-state index is 12.5. The Labute approximate surface area is 169 Å². The second kappa shape index (κ2) is 9.82. The fraction of sp³-hybridized carbons (Fsp3) is 0.421. The first-order valence-corrected chi connectivity index (χ1v) is 9.76. The van der Waals surface area contributed by atoms with E-state index in [0.29, 0.717) is 37.3 Å². The van der Waals surface area contributed by atoms with E-state index >= 15 is 0 Å². The van der Waals surface area contributed by atoms with E-state index in [1.807, 2.05) is 36.1 Å². The number of hydrogen-bond acceptors (Lipinski definition) is 5. The predicted molar refractivity (Wildman–Crippen MR) is 110 cm³/mol. The Kier molecular flexibility index (Phi) is 7.77. The number of rotatable bonds is 5. The van der Waals surface area contributed by atoms with Crippen molar-refractivity contribution in [1.82, 2.24) is 15.2 Å². The number of nitrogens with two attached hydrogens (primary N) is 1. The van der Waals surface area contributed by atoms with Crippen LogP contribution in [-0.4, -0.2) is 47.4 Å². The van der Waals surface area contributed by atoms with Gasteiger partial charge in [-0.1, -0.05) is 17.7 Å². The van der Waals surface area contributed by atoms with Gasteiger partial charge in [-0.05, 0) is 38.4 Å². The van der Waals surface area contributed by atoms with Crippen molar-refractivity contribution in [3.05, 3.63) is 51.5 Å². The first kappa shape index (κ1) is 21.3. The first-order valence-electron chi connectivity index (χ1n) is 8.88. The summed E-state index contributed by atoms with van der Waals surface area (Å²) in [4.78, 5) is 31.0. The number of aryl methyl sites for hydroxylation is 1. The monoisotopic (exact) mass is 408 g/mol. The van der Waals surface area contributed by atoms with Crippen molar-refractivity contribution >= 4 is 35.6 Å². The van der Waals surface area contributed by atoms with Gasteiger partial charge in [0.15, 0.2) is 0 Å². The number of amides is 2. The van der Waals surface area contributed by atoms with Crippen molar-refractivity contribution in [2.24, 2.45) is 5.73 Å². The van der Waals surface area contributed by atoms with Crippen molar-refractivity contribution < 1.29 is 9.59 Å². The minimum absolute atomic E-state index is 0. The maximum atomic E-state index is 12.5. The van der Waals surface area contributed by atoms with Crippen LogP contribution >= 0.6 is 23.7 Å². The number of nitrogens with one attached hydrogen (secondary N) is 1. The summed E-state index contributed by atoms with van der Waals surface area (Å²) in [5.41, 5.74) is 7.83. The third kappa shape index (κ3) is 5.51. The van der Waals surface area contributed by atoms with Crippen molar-refractivity contribution in [1.29, 1.82) is 0 Å². The second-order valence-electron chi connectivity index (χ2n) is 6.57. The SMILES string of the molecule is Cc1ccc(C(=O)N2CCC(NC(=O)c3csc(CCN)n3)CC2)cc1.Cl. The molecule has 1 aliphatic rings. The van der Waals surface area contributed by atoms with Gasteiger partial charge >= 0.3 is 0 Å². The lowest BCUT2D eigenvalue weighted by molar-refractivity contribution is 0.0697. The standard InChI is InChI=1S/C19H24N4O2S.ClH/c1-13-2-4-14(5-3-13)19(25)23-10-7-15(8-11-23)21-18(24)16-12-26-17(22-16)6-9-20;/h2-5,12,15H,6-11,20H2,1H3,(H,21,24);1H. The summed E-state index contributed by atoms with van der Waals surface area (Å²) in [6.07, 6.45) is 2.20. The van der Waals surface area contributed by atoms with Crippen LogP contribution in [0.5, 0.6) is 0 Å². The van der Waals surface area contributed by atoms with Crippen LogP contribution in [0.25, 0.3) is 0 Å². The van der Waals surface area contributed by atoms with E-state index in [2.05, 4.69) is 10.3 Å². The number of piperidine rings is 1. The van der Waals surface area contributed by atoms with Crippen molar-refractivity contribution in [2.75, 3.05) is 19.6 Å². The molecule has 0 aliphatic carbocycles. The van der Waals surface area contributed by atoms with Crippen LogP contribution in [0, 0.1) is 6.92 Å². The Bertz CT molecular complexity index is 770. The van der Waals surface area contributed by atoms with Gasteiger partial charge in [0.2, 0.25) is 0 Å². The van der Waals surface area contributed by atoms with Crippen LogP contribution in [-0.2, 0) is 6.42 Å². The minimum atomic E-state index is -0.146. The molecule has 2 amide bonds. The highest BCUT2D eigenvalue weighted by Crippen LogP contribution is 2.16. The van der Waals surface area contributed by atoms with E-state index in [1.54, 1.807) is 5.38 Å². The van der Waals surface area contributed by atoms with Crippen LogP contribution < -0.4 is 11.1 Å². The second-order valence-corrected chi connectivity index (χ2v) is 7.51. The smallest absolute Gasteiger partial charge is 0.270 e. The molecule has 3 rings (SSSR count). The quantitative estimate of drug-likeness (QED) is 0.795. The van der Waals surface area contributed by atoms with E-state index in [1.165, 1.54) is 11.3 Å². The van der Waals surface area contributed by atoms with Gasteiger partial charge in [0.1, 0.15) is 5.69 Å². The number of hydrogen-bond donors (Lipinski definition) is 2. The number of benzene rings is 1. The molecule has 6 nitrogen and oxygen atoms in total. The van der Waals surface area contributed by atoms with Crippen molar-refractivity contribution in [2.45, 2.75) is 32.2 Å². The van der Waals surface area contributed by atoms with Crippen molar-refractivity contribution in [3.8, 4) is 0 Å². The maximum Gasteiger partial charge on any atom is 0.270 e. The van der Waals surface area contributed by atoms with Gasteiger partial charge in [0.05, 0.1) is 5.01 Å². The molecule has 1 aromatic heterocycles. The lowest BCUT2D eigenvalue weighted by Gasteiger charge is -2.32. The fourth-order valence-electron chi connectivity index (χ4n) is 3.02. The number of likely N-dealkylation sites (tertiary alicyclic amines) is 1. The molecule has 1 fully saturated rings. The van der Waals surface area contributed by atoms with Crippen LogP contribution in [0.1, 0.15) is 44.3 Å². The Morgan fingerprint density at radius 2 is 1.93 bits per heavy atom. The summed E-state index contributed by atoms with van der Waals surface area (Å²) in [5.74, 6) is -0.0893. The van der Waals surface area contributed by atoms with Gasteiger partial charge in [-0.2, -0.15) is 0 Å². The van der Waals surface area contributed by atoms with E-state index in [-0.39, 0.29) is 30.3 Å². The third-order valence-corrected chi connectivity index (χ3v) is 5.47. The normalized spacial score (nSPS) is 14.5. The summed E-state index contributed by atoms with van der Waals surface area (Å²) < 4.78 is 0. The topological polar surface area (TPSA) is 88.3 Å². The summed E-state index contributed by atoms with van der Waals surface area (Å²) in [7, 11) is 0. The summed E-state index contributed by atoms with van der Waals surface area (Å²) >= 11 is 1.46. The Balaban J connectivity index is 0.00000261. The van der Waals surface area contributed by atoms with Crippen molar-refractivity contribution in [3.63, 3.8) is 0 Å². The molecule has 1 aliphatic heterocycles. The molecule has 0 radical (unpaired) electrons. The molecule has 8 heteroatoms. The van der Waals surface area contributed by atoms with Gasteiger partial charge in [-0.3, -0.25) is 9.59 Å². The number of halogens is 1. The van der Waals surface area contributed by atoms with Crippen LogP contribution in [0.3, 0.4) is 0 Å². The largest absolute Gasteiger partial charge is 0.348 e. The van der Waals surface area contributed by atoms with Crippen LogP contribution in [0.4, 0.5) is 0 Å². The van der Waals surface area contributed by atoms with Gasteiger partial charge < -0.3 is 16.0 Å². The number of nitrogens with zero attached hydrogens (tertiary/aromatic N) is 2. The average molecular weight is 409 g/mol. The molecule has 1 saturated heterocycles. The number of aromatic nitrogens is 1. The molecule has 146 valence electrons. The molecule has 0 spiro atoms. The molecule has 0 bridgehead atoms. The molecule has 27 heavy (non-hydrogen) atoms. The van der Waals surface area contributed by atoms with Gasteiger partial charge in [-0.25, -0.2) is 4.98 Å². The molecule has 0 unspecified atom stereocenters. The summed E-state index contributed by atoms with van der Waals surface area (Å²) in [6, 6.07) is 7.71. The highest BCUT2D eigenvalue weighted by atomic mass is 35.5. The Morgan fingerprint density at radius 1 is 1.26 bits per heavy atom. The predicted octanol–water partition coefficient (Wildman–Crippen LogP) is 2.41. The summed E-state index contributed by atoms with van der Waals surface area (Å²) in [5, 5.41) is 5.69. The van der Waals surface area contributed by atoms with E-state index in [9.17, 15) is 9.59 Å². The zero-order valence-corrected chi connectivity index (χ0v) is 16.9. The van der Waals surface area contributed by atoms with Gasteiger partial charge in [0.25, 0.3) is 11.8 Å². The average Bonchev–Trinajstić information content (AvgIpc) is 3.12. The lowest BCUT2D eigenvalue weighted by Crippen LogP contribution is -2.46. The Hall–Kier alpha value is -1.96. The minimum Gasteiger partial charge on any atom is -0.348 e. The molecular formula is C19H25ClN4O2S.